The molecular formula is C18H24N4O2. The van der Waals surface area contributed by atoms with Gasteiger partial charge in [0.05, 0.1) is 13.4 Å². The molecule has 6 heteroatoms. The second-order valence-electron chi connectivity index (χ2n) is 6.21. The first-order valence-corrected chi connectivity index (χ1v) is 8.34. The smallest absolute Gasteiger partial charge is 0.409 e. The molecule has 1 aliphatic heterocycles. The minimum absolute atomic E-state index is 0.226. The number of benzene rings is 1. The molecule has 1 aliphatic rings. The molecule has 0 saturated carbocycles. The monoisotopic (exact) mass is 328 g/mol. The summed E-state index contributed by atoms with van der Waals surface area (Å²) in [7, 11) is 1.43. The second-order valence-corrected chi connectivity index (χ2v) is 6.21. The average molecular weight is 328 g/mol. The normalized spacial score (nSPS) is 19.1. The van der Waals surface area contributed by atoms with Gasteiger partial charge in [0.25, 0.3) is 0 Å². The molecule has 2 atom stereocenters. The highest BCUT2D eigenvalue weighted by molar-refractivity contribution is 5.67. The number of aromatic nitrogens is 2. The topological polar surface area (TPSA) is 59.4 Å². The van der Waals surface area contributed by atoms with Crippen LogP contribution in [0.25, 0.3) is 5.69 Å². The molecule has 2 aromatic rings. The van der Waals surface area contributed by atoms with Crippen LogP contribution in [0.4, 0.5) is 4.79 Å². The first-order chi connectivity index (χ1) is 11.7. The van der Waals surface area contributed by atoms with E-state index < -0.39 is 0 Å². The van der Waals surface area contributed by atoms with E-state index in [0.29, 0.717) is 12.6 Å². The molecule has 3 rings (SSSR count). The second kappa shape index (κ2) is 7.49. The number of imidazole rings is 1. The molecule has 1 aromatic heterocycles. The largest absolute Gasteiger partial charge is 0.453 e. The number of nitrogens with zero attached hydrogens (tertiary/aromatic N) is 3. The Morgan fingerprint density at radius 3 is 2.83 bits per heavy atom. The molecule has 1 amide bonds. The Bertz CT molecular complexity index is 654. The number of hydrogen-bond acceptors (Lipinski definition) is 4. The zero-order valence-corrected chi connectivity index (χ0v) is 14.2. The molecule has 2 unspecified atom stereocenters. The van der Waals surface area contributed by atoms with Gasteiger partial charge in [-0.2, -0.15) is 0 Å². The molecule has 1 N–H and O–H groups in total. The fraction of sp³-hybridized carbons (Fsp3) is 0.444. The summed E-state index contributed by atoms with van der Waals surface area (Å²) < 4.78 is 6.81. The third-order valence-electron chi connectivity index (χ3n) is 4.54. The van der Waals surface area contributed by atoms with Gasteiger partial charge in [-0.25, -0.2) is 9.78 Å². The van der Waals surface area contributed by atoms with E-state index in [9.17, 15) is 4.79 Å². The molecule has 1 fully saturated rings. The van der Waals surface area contributed by atoms with Crippen molar-refractivity contribution in [3.05, 3.63) is 48.5 Å². The molecule has 6 nitrogen and oxygen atoms in total. The van der Waals surface area contributed by atoms with E-state index in [1.54, 1.807) is 17.4 Å². The summed E-state index contributed by atoms with van der Waals surface area (Å²) in [6, 6.07) is 8.97. The molecule has 1 aromatic carbocycles. The lowest BCUT2D eigenvalue weighted by Crippen LogP contribution is -2.48. The van der Waals surface area contributed by atoms with Crippen LogP contribution in [0.1, 0.15) is 31.4 Å². The Morgan fingerprint density at radius 2 is 2.17 bits per heavy atom. The van der Waals surface area contributed by atoms with Crippen molar-refractivity contribution >= 4 is 6.09 Å². The van der Waals surface area contributed by atoms with Gasteiger partial charge in [-0.05, 0) is 37.5 Å². The maximum Gasteiger partial charge on any atom is 0.409 e. The van der Waals surface area contributed by atoms with Gasteiger partial charge in [-0.1, -0.05) is 12.1 Å². The fourth-order valence-electron chi connectivity index (χ4n) is 3.20. The number of likely N-dealkylation sites (tertiary alicyclic amines) is 1. The Morgan fingerprint density at radius 1 is 1.38 bits per heavy atom. The van der Waals surface area contributed by atoms with Gasteiger partial charge in [0.2, 0.25) is 0 Å². The third kappa shape index (κ3) is 3.76. The summed E-state index contributed by atoms with van der Waals surface area (Å²) in [6.45, 7) is 3.63. The quantitative estimate of drug-likeness (QED) is 0.937. The van der Waals surface area contributed by atoms with Gasteiger partial charge < -0.3 is 19.5 Å². The molecule has 2 heterocycles. The first-order valence-electron chi connectivity index (χ1n) is 8.34. The van der Waals surface area contributed by atoms with Crippen molar-refractivity contribution in [2.75, 3.05) is 20.2 Å². The lowest BCUT2D eigenvalue weighted by Gasteiger charge is -2.34. The Kier molecular flexibility index (Phi) is 5.15. The minimum Gasteiger partial charge on any atom is -0.453 e. The van der Waals surface area contributed by atoms with Crippen molar-refractivity contribution in [3.8, 4) is 5.69 Å². The van der Waals surface area contributed by atoms with Crippen LogP contribution in [0.15, 0.2) is 43.0 Å². The zero-order valence-electron chi connectivity index (χ0n) is 14.2. The number of piperidine rings is 1. The summed E-state index contributed by atoms with van der Waals surface area (Å²) in [5, 5.41) is 3.63. The Labute approximate surface area is 142 Å². The molecule has 128 valence electrons. The number of methoxy groups -OCH3 is 1. The maximum atomic E-state index is 11.7. The number of ether oxygens (including phenoxy) is 1. The average Bonchev–Trinajstić information content (AvgIpc) is 3.16. The highest BCUT2D eigenvalue weighted by Gasteiger charge is 2.25. The summed E-state index contributed by atoms with van der Waals surface area (Å²) in [4.78, 5) is 17.5. The molecule has 0 spiro atoms. The maximum absolute atomic E-state index is 11.7. The first kappa shape index (κ1) is 16.5. The van der Waals surface area contributed by atoms with Crippen LogP contribution >= 0.6 is 0 Å². The Balaban J connectivity index is 1.60. The summed E-state index contributed by atoms with van der Waals surface area (Å²) in [5.41, 5.74) is 2.33. The van der Waals surface area contributed by atoms with Crippen molar-refractivity contribution in [1.82, 2.24) is 19.8 Å². The minimum atomic E-state index is -0.237. The molecular weight excluding hydrogens is 304 g/mol. The van der Waals surface area contributed by atoms with E-state index in [4.69, 9.17) is 4.74 Å². The van der Waals surface area contributed by atoms with Crippen LogP contribution in [-0.4, -0.2) is 46.8 Å². The lowest BCUT2D eigenvalue weighted by molar-refractivity contribution is 0.106. The van der Waals surface area contributed by atoms with Crippen LogP contribution in [0, 0.1) is 0 Å². The standard InChI is InChI=1S/C18H24N4O2/c1-14(20-16-4-3-10-21(12-16)18(23)24-2)15-5-7-17(8-6-15)22-11-9-19-13-22/h5-9,11,13-14,16,20H,3-4,10,12H2,1-2H3. The SMILES string of the molecule is COC(=O)N1CCCC(NC(C)c2ccc(-n3ccnc3)cc2)C1. The molecule has 24 heavy (non-hydrogen) atoms. The predicted molar refractivity (Wildman–Crippen MR) is 92.1 cm³/mol. The van der Waals surface area contributed by atoms with Crippen molar-refractivity contribution in [3.63, 3.8) is 0 Å². The van der Waals surface area contributed by atoms with Gasteiger partial charge in [-0.15, -0.1) is 0 Å². The molecule has 1 saturated heterocycles. The van der Waals surface area contributed by atoms with Gasteiger partial charge in [-0.3, -0.25) is 0 Å². The van der Waals surface area contributed by atoms with Crippen LogP contribution < -0.4 is 5.32 Å². The highest BCUT2D eigenvalue weighted by atomic mass is 16.5. The predicted octanol–water partition coefficient (Wildman–Crippen LogP) is 2.75. The van der Waals surface area contributed by atoms with E-state index in [-0.39, 0.29) is 12.1 Å². The number of carbonyl (C=O) groups is 1. The fourth-order valence-corrected chi connectivity index (χ4v) is 3.20. The van der Waals surface area contributed by atoms with E-state index in [1.807, 2.05) is 10.8 Å². The third-order valence-corrected chi connectivity index (χ3v) is 4.54. The molecule has 0 radical (unpaired) electrons. The summed E-state index contributed by atoms with van der Waals surface area (Å²) >= 11 is 0. The van der Waals surface area contributed by atoms with E-state index in [2.05, 4.69) is 41.5 Å². The van der Waals surface area contributed by atoms with Crippen LogP contribution in [0.5, 0.6) is 0 Å². The summed E-state index contributed by atoms with van der Waals surface area (Å²) in [6.07, 6.45) is 7.33. The number of nitrogens with one attached hydrogen (secondary N) is 1. The van der Waals surface area contributed by atoms with Crippen molar-refractivity contribution < 1.29 is 9.53 Å². The highest BCUT2D eigenvalue weighted by Crippen LogP contribution is 2.19. The van der Waals surface area contributed by atoms with Gasteiger partial charge >= 0.3 is 6.09 Å². The molecule has 0 aliphatic carbocycles. The van der Waals surface area contributed by atoms with E-state index in [0.717, 1.165) is 25.1 Å². The van der Waals surface area contributed by atoms with Gasteiger partial charge in [0.15, 0.2) is 0 Å². The number of rotatable bonds is 4. The van der Waals surface area contributed by atoms with Crippen LogP contribution in [0.3, 0.4) is 0 Å². The number of carbonyl (C=O) groups excluding carboxylic acids is 1. The zero-order chi connectivity index (χ0) is 16.9. The number of hydrogen-bond donors (Lipinski definition) is 1. The Hall–Kier alpha value is -2.34. The lowest BCUT2D eigenvalue weighted by atomic mass is 10.0. The van der Waals surface area contributed by atoms with Gasteiger partial charge in [0, 0.05) is 43.3 Å². The molecule has 0 bridgehead atoms. The van der Waals surface area contributed by atoms with Crippen LogP contribution in [0.2, 0.25) is 0 Å². The van der Waals surface area contributed by atoms with E-state index >= 15 is 0 Å². The summed E-state index contributed by atoms with van der Waals surface area (Å²) in [5.74, 6) is 0. The van der Waals surface area contributed by atoms with E-state index in [1.165, 1.54) is 12.7 Å². The van der Waals surface area contributed by atoms with Gasteiger partial charge in [0.1, 0.15) is 0 Å². The van der Waals surface area contributed by atoms with Crippen LogP contribution in [-0.2, 0) is 4.74 Å². The number of amides is 1. The van der Waals surface area contributed by atoms with Crippen molar-refractivity contribution in [2.24, 2.45) is 0 Å². The van der Waals surface area contributed by atoms with Crippen molar-refractivity contribution in [2.45, 2.75) is 31.8 Å². The van der Waals surface area contributed by atoms with Crippen molar-refractivity contribution in [1.29, 1.82) is 0 Å².